The van der Waals surface area contributed by atoms with Gasteiger partial charge < -0.3 is 21.1 Å². The molecule has 0 saturated carbocycles. The molecule has 3 amide bonds. The average Bonchev–Trinajstić information content (AvgIpc) is 2.50. The summed E-state index contributed by atoms with van der Waals surface area (Å²) in [4.78, 5) is 32.4. The lowest BCUT2D eigenvalue weighted by atomic mass is 10.2. The molecular weight excluding hydrogens is 202 g/mol. The number of rotatable bonds is 3. The van der Waals surface area contributed by atoms with Gasteiger partial charge in [-0.25, -0.2) is 4.79 Å². The third-order valence-electron chi connectivity index (χ3n) is 2.03. The van der Waals surface area contributed by atoms with Crippen molar-refractivity contribution in [3.05, 3.63) is 0 Å². The van der Waals surface area contributed by atoms with Crippen molar-refractivity contribution in [2.75, 3.05) is 6.54 Å². The zero-order valence-corrected chi connectivity index (χ0v) is 8.24. The van der Waals surface area contributed by atoms with Crippen LogP contribution in [0.3, 0.4) is 0 Å². The van der Waals surface area contributed by atoms with Gasteiger partial charge in [0.1, 0.15) is 6.04 Å². The Morgan fingerprint density at radius 3 is 2.73 bits per heavy atom. The van der Waals surface area contributed by atoms with E-state index >= 15 is 0 Å². The van der Waals surface area contributed by atoms with E-state index in [1.165, 1.54) is 6.92 Å². The lowest BCUT2D eigenvalue weighted by molar-refractivity contribution is -0.138. The van der Waals surface area contributed by atoms with Crippen molar-refractivity contribution in [1.82, 2.24) is 16.0 Å². The Hall–Kier alpha value is -1.79. The Morgan fingerprint density at radius 2 is 2.27 bits per heavy atom. The SMILES string of the molecule is CC(NC(=O)NC1CNC(=O)C1)C(=O)O. The van der Waals surface area contributed by atoms with E-state index in [1.54, 1.807) is 0 Å². The van der Waals surface area contributed by atoms with Crippen LogP contribution in [0.15, 0.2) is 0 Å². The zero-order valence-electron chi connectivity index (χ0n) is 8.24. The van der Waals surface area contributed by atoms with Crippen molar-refractivity contribution in [1.29, 1.82) is 0 Å². The first kappa shape index (κ1) is 11.3. The summed E-state index contributed by atoms with van der Waals surface area (Å²) in [6.07, 6.45) is 0.231. The fourth-order valence-electron chi connectivity index (χ4n) is 1.19. The Morgan fingerprint density at radius 1 is 1.60 bits per heavy atom. The number of carboxylic acids is 1. The first-order chi connectivity index (χ1) is 6.99. The molecular formula is C8H13N3O4. The summed E-state index contributed by atoms with van der Waals surface area (Å²) in [5.74, 6) is -1.22. The van der Waals surface area contributed by atoms with Gasteiger partial charge >= 0.3 is 12.0 Å². The summed E-state index contributed by atoms with van der Waals surface area (Å²) >= 11 is 0. The van der Waals surface area contributed by atoms with Crippen molar-refractivity contribution >= 4 is 17.9 Å². The van der Waals surface area contributed by atoms with Crippen molar-refractivity contribution in [3.63, 3.8) is 0 Å². The van der Waals surface area contributed by atoms with Crippen molar-refractivity contribution in [3.8, 4) is 0 Å². The van der Waals surface area contributed by atoms with Gasteiger partial charge in [-0.2, -0.15) is 0 Å². The molecule has 0 spiro atoms. The van der Waals surface area contributed by atoms with Crippen molar-refractivity contribution in [2.24, 2.45) is 0 Å². The minimum Gasteiger partial charge on any atom is -0.480 e. The van der Waals surface area contributed by atoms with Crippen LogP contribution in [0.25, 0.3) is 0 Å². The molecule has 1 rings (SSSR count). The maximum absolute atomic E-state index is 11.2. The summed E-state index contributed by atoms with van der Waals surface area (Å²) in [6.45, 7) is 1.74. The van der Waals surface area contributed by atoms with Gasteiger partial charge in [0, 0.05) is 13.0 Å². The van der Waals surface area contributed by atoms with Crippen LogP contribution in [0.2, 0.25) is 0 Å². The van der Waals surface area contributed by atoms with Gasteiger partial charge in [0.05, 0.1) is 6.04 Å². The van der Waals surface area contributed by atoms with Crippen LogP contribution in [0.1, 0.15) is 13.3 Å². The second-order valence-corrected chi connectivity index (χ2v) is 3.38. The van der Waals surface area contributed by atoms with Crippen LogP contribution in [-0.2, 0) is 9.59 Å². The van der Waals surface area contributed by atoms with Crippen molar-refractivity contribution in [2.45, 2.75) is 25.4 Å². The van der Waals surface area contributed by atoms with E-state index in [0.29, 0.717) is 6.54 Å². The number of hydrogen-bond acceptors (Lipinski definition) is 3. The molecule has 1 aliphatic rings. The molecule has 2 atom stereocenters. The number of urea groups is 1. The van der Waals surface area contributed by atoms with Crippen molar-refractivity contribution < 1.29 is 19.5 Å². The molecule has 7 heteroatoms. The van der Waals surface area contributed by atoms with Gasteiger partial charge in [-0.1, -0.05) is 0 Å². The molecule has 1 heterocycles. The van der Waals surface area contributed by atoms with Gasteiger partial charge in [0.25, 0.3) is 0 Å². The largest absolute Gasteiger partial charge is 0.480 e. The van der Waals surface area contributed by atoms with E-state index in [2.05, 4.69) is 16.0 Å². The highest BCUT2D eigenvalue weighted by Crippen LogP contribution is 1.98. The van der Waals surface area contributed by atoms with Gasteiger partial charge in [0.2, 0.25) is 5.91 Å². The number of hydrogen-bond donors (Lipinski definition) is 4. The summed E-state index contributed by atoms with van der Waals surface area (Å²) in [5.41, 5.74) is 0. The molecule has 1 aliphatic heterocycles. The van der Waals surface area contributed by atoms with Crippen LogP contribution in [0.5, 0.6) is 0 Å². The monoisotopic (exact) mass is 215 g/mol. The van der Waals surface area contributed by atoms with E-state index in [9.17, 15) is 14.4 Å². The fourth-order valence-corrected chi connectivity index (χ4v) is 1.19. The summed E-state index contributed by atoms with van der Waals surface area (Å²) < 4.78 is 0. The van der Waals surface area contributed by atoms with Crippen LogP contribution < -0.4 is 16.0 Å². The molecule has 4 N–H and O–H groups in total. The van der Waals surface area contributed by atoms with Crippen LogP contribution >= 0.6 is 0 Å². The number of carboxylic acid groups (broad SMARTS) is 1. The maximum atomic E-state index is 11.2. The second kappa shape index (κ2) is 4.63. The van der Waals surface area contributed by atoms with E-state index in [4.69, 9.17) is 5.11 Å². The predicted molar refractivity (Wildman–Crippen MR) is 50.2 cm³/mol. The number of nitrogens with one attached hydrogen (secondary N) is 3. The molecule has 1 saturated heterocycles. The third kappa shape index (κ3) is 3.45. The molecule has 0 radical (unpaired) electrons. The Bertz CT molecular complexity index is 292. The lowest BCUT2D eigenvalue weighted by Gasteiger charge is -2.13. The van der Waals surface area contributed by atoms with Gasteiger partial charge in [-0.05, 0) is 6.92 Å². The molecule has 2 unspecified atom stereocenters. The molecule has 7 nitrogen and oxygen atoms in total. The third-order valence-corrected chi connectivity index (χ3v) is 2.03. The Kier molecular flexibility index (Phi) is 3.48. The highest BCUT2D eigenvalue weighted by atomic mass is 16.4. The van der Waals surface area contributed by atoms with E-state index in [0.717, 1.165) is 0 Å². The predicted octanol–water partition coefficient (Wildman–Crippen LogP) is -1.35. The van der Waals surface area contributed by atoms with E-state index in [1.807, 2.05) is 0 Å². The molecule has 0 aromatic rings. The lowest BCUT2D eigenvalue weighted by Crippen LogP contribution is -2.48. The van der Waals surface area contributed by atoms with Crippen LogP contribution in [0, 0.1) is 0 Å². The number of carbonyl (C=O) groups is 3. The number of amides is 3. The normalized spacial score (nSPS) is 21.7. The molecule has 15 heavy (non-hydrogen) atoms. The molecule has 84 valence electrons. The topological polar surface area (TPSA) is 108 Å². The number of carbonyl (C=O) groups excluding carboxylic acids is 2. The smallest absolute Gasteiger partial charge is 0.325 e. The first-order valence-corrected chi connectivity index (χ1v) is 4.55. The maximum Gasteiger partial charge on any atom is 0.325 e. The highest BCUT2D eigenvalue weighted by Gasteiger charge is 2.23. The molecule has 0 aromatic heterocycles. The molecule has 0 aromatic carbocycles. The van der Waals surface area contributed by atoms with E-state index < -0.39 is 18.0 Å². The summed E-state index contributed by atoms with van der Waals surface area (Å²) in [7, 11) is 0. The average molecular weight is 215 g/mol. The van der Waals surface area contributed by atoms with Gasteiger partial charge in [-0.15, -0.1) is 0 Å². The minimum absolute atomic E-state index is 0.119. The number of aliphatic carboxylic acids is 1. The zero-order chi connectivity index (χ0) is 11.4. The van der Waals surface area contributed by atoms with Gasteiger partial charge in [0.15, 0.2) is 0 Å². The minimum atomic E-state index is -1.11. The first-order valence-electron chi connectivity index (χ1n) is 4.55. The van der Waals surface area contributed by atoms with E-state index in [-0.39, 0.29) is 18.4 Å². The Labute approximate surface area is 86.2 Å². The molecule has 0 aliphatic carbocycles. The van der Waals surface area contributed by atoms with Crippen LogP contribution in [-0.4, -0.2) is 41.6 Å². The molecule has 1 fully saturated rings. The summed E-state index contributed by atoms with van der Waals surface area (Å²) in [6, 6.07) is -1.79. The Balaban J connectivity index is 2.30. The second-order valence-electron chi connectivity index (χ2n) is 3.38. The van der Waals surface area contributed by atoms with Gasteiger partial charge in [-0.3, -0.25) is 9.59 Å². The fraction of sp³-hybridized carbons (Fsp3) is 0.625. The quantitative estimate of drug-likeness (QED) is 0.466. The molecule has 0 bridgehead atoms. The summed E-state index contributed by atoms with van der Waals surface area (Å²) in [5, 5.41) is 15.8. The van der Waals surface area contributed by atoms with Crippen LogP contribution in [0.4, 0.5) is 4.79 Å². The standard InChI is InChI=1S/C8H13N3O4/c1-4(7(13)14)10-8(15)11-5-2-6(12)9-3-5/h4-5H,2-3H2,1H3,(H,9,12)(H,13,14)(H2,10,11,15). The highest BCUT2D eigenvalue weighted by molar-refractivity contribution is 5.84.